The molecule has 0 spiro atoms. The van der Waals surface area contributed by atoms with Gasteiger partial charge in [0.05, 0.1) is 6.21 Å². The Morgan fingerprint density at radius 2 is 2.12 bits per heavy atom. The molecule has 0 atom stereocenters. The van der Waals surface area contributed by atoms with E-state index in [9.17, 15) is 4.39 Å². The second-order valence-corrected chi connectivity index (χ2v) is 5.80. The number of ether oxygens (including phenoxy) is 1. The van der Waals surface area contributed by atoms with Crippen molar-refractivity contribution in [1.29, 1.82) is 0 Å². The van der Waals surface area contributed by atoms with Crippen LogP contribution in [0.25, 0.3) is 0 Å². The van der Waals surface area contributed by atoms with Gasteiger partial charge in [-0.1, -0.05) is 24.3 Å². The number of nitrogens with two attached hydrogens (primary N) is 1. The molecule has 0 saturated heterocycles. The predicted molar refractivity (Wildman–Crippen MR) is 94.9 cm³/mol. The number of hydrazone groups is 1. The summed E-state index contributed by atoms with van der Waals surface area (Å²) in [5.74, 6) is 0.647. The van der Waals surface area contributed by atoms with Gasteiger partial charge in [-0.15, -0.1) is 11.3 Å². The number of benzene rings is 2. The first-order chi connectivity index (χ1) is 11.7. The molecule has 3 rings (SSSR count). The van der Waals surface area contributed by atoms with Crippen LogP contribution in [0.3, 0.4) is 0 Å². The van der Waals surface area contributed by atoms with Crippen molar-refractivity contribution in [3.8, 4) is 5.75 Å². The third kappa shape index (κ3) is 4.53. The largest absolute Gasteiger partial charge is 0.489 e. The molecular weight excluding hydrogens is 327 g/mol. The summed E-state index contributed by atoms with van der Waals surface area (Å²) in [6.07, 6.45) is 1.68. The lowest BCUT2D eigenvalue weighted by Crippen LogP contribution is -1.97. The molecule has 0 aliphatic heterocycles. The Balaban J connectivity index is 1.59. The van der Waals surface area contributed by atoms with Gasteiger partial charge < -0.3 is 10.5 Å². The fourth-order valence-corrected chi connectivity index (χ4v) is 2.53. The van der Waals surface area contributed by atoms with Gasteiger partial charge in [-0.25, -0.2) is 9.37 Å². The molecule has 3 aromatic rings. The quantitative estimate of drug-likeness (QED) is 0.526. The second-order valence-electron chi connectivity index (χ2n) is 4.94. The van der Waals surface area contributed by atoms with Gasteiger partial charge in [-0.2, -0.15) is 5.10 Å². The highest BCUT2D eigenvalue weighted by atomic mass is 32.1. The van der Waals surface area contributed by atoms with E-state index < -0.39 is 0 Å². The van der Waals surface area contributed by atoms with Gasteiger partial charge in [0, 0.05) is 11.4 Å². The van der Waals surface area contributed by atoms with Crippen LogP contribution < -0.4 is 15.9 Å². The highest BCUT2D eigenvalue weighted by Crippen LogP contribution is 2.16. The van der Waals surface area contributed by atoms with E-state index in [1.54, 1.807) is 23.7 Å². The fourth-order valence-electron chi connectivity index (χ4n) is 1.99. The van der Waals surface area contributed by atoms with Crippen molar-refractivity contribution in [1.82, 2.24) is 4.98 Å². The molecule has 1 heterocycles. The third-order valence-electron chi connectivity index (χ3n) is 3.05. The summed E-state index contributed by atoms with van der Waals surface area (Å²) in [7, 11) is 0. The van der Waals surface area contributed by atoms with E-state index in [2.05, 4.69) is 15.5 Å². The number of nitrogen functional groups attached to an aromatic ring is 1. The molecule has 1 aromatic heterocycles. The number of rotatable bonds is 6. The zero-order valence-electron chi connectivity index (χ0n) is 12.6. The standard InChI is InChI=1S/C17H15FN4OS/c18-14-5-2-6-15(8-14)23-10-13-4-1-3-12(7-13)9-20-22-17-21-16(19)11-24-17/h1-9,11H,10,19H2,(H,21,22). The van der Waals surface area contributed by atoms with Gasteiger partial charge in [-0.05, 0) is 29.3 Å². The molecule has 0 aliphatic rings. The molecule has 0 bridgehead atoms. The van der Waals surface area contributed by atoms with Crippen LogP contribution in [0.2, 0.25) is 0 Å². The Labute approximate surface area is 142 Å². The fraction of sp³-hybridized carbons (Fsp3) is 0.0588. The van der Waals surface area contributed by atoms with Crippen LogP contribution in [-0.2, 0) is 6.61 Å². The highest BCUT2D eigenvalue weighted by molar-refractivity contribution is 7.14. The van der Waals surface area contributed by atoms with Crippen molar-refractivity contribution in [2.45, 2.75) is 6.61 Å². The van der Waals surface area contributed by atoms with Crippen LogP contribution in [-0.4, -0.2) is 11.2 Å². The second kappa shape index (κ2) is 7.56. The Bertz CT molecular complexity index is 850. The Hall–Kier alpha value is -2.93. The van der Waals surface area contributed by atoms with Gasteiger partial charge >= 0.3 is 0 Å². The van der Waals surface area contributed by atoms with Crippen LogP contribution in [0, 0.1) is 5.82 Å². The lowest BCUT2D eigenvalue weighted by Gasteiger charge is -2.06. The molecule has 24 heavy (non-hydrogen) atoms. The van der Waals surface area contributed by atoms with Crippen LogP contribution in [0.1, 0.15) is 11.1 Å². The normalized spacial score (nSPS) is 10.9. The minimum atomic E-state index is -0.317. The first-order valence-corrected chi connectivity index (χ1v) is 8.04. The zero-order chi connectivity index (χ0) is 16.8. The number of nitrogens with one attached hydrogen (secondary N) is 1. The molecule has 3 N–H and O–H groups in total. The van der Waals surface area contributed by atoms with Crippen molar-refractivity contribution < 1.29 is 9.13 Å². The average molecular weight is 342 g/mol. The number of nitrogens with zero attached hydrogens (tertiary/aromatic N) is 2. The van der Waals surface area contributed by atoms with Crippen molar-refractivity contribution in [3.05, 3.63) is 70.9 Å². The zero-order valence-corrected chi connectivity index (χ0v) is 13.5. The summed E-state index contributed by atoms with van der Waals surface area (Å²) in [4.78, 5) is 4.05. The molecule has 0 unspecified atom stereocenters. The van der Waals surface area contributed by atoms with E-state index in [1.807, 2.05) is 24.3 Å². The lowest BCUT2D eigenvalue weighted by molar-refractivity contribution is 0.304. The first-order valence-electron chi connectivity index (χ1n) is 7.16. The monoisotopic (exact) mass is 342 g/mol. The summed E-state index contributed by atoms with van der Waals surface area (Å²) in [6, 6.07) is 13.8. The topological polar surface area (TPSA) is 72.5 Å². The van der Waals surface area contributed by atoms with Gasteiger partial charge in [-0.3, -0.25) is 5.43 Å². The van der Waals surface area contributed by atoms with Gasteiger partial charge in [0.25, 0.3) is 0 Å². The Kier molecular flexibility index (Phi) is 5.02. The van der Waals surface area contributed by atoms with E-state index in [0.29, 0.717) is 23.3 Å². The summed E-state index contributed by atoms with van der Waals surface area (Å²) < 4.78 is 18.7. The highest BCUT2D eigenvalue weighted by Gasteiger charge is 1.99. The number of anilines is 2. The minimum absolute atomic E-state index is 0.317. The molecule has 122 valence electrons. The van der Waals surface area contributed by atoms with E-state index in [0.717, 1.165) is 11.1 Å². The average Bonchev–Trinajstić information content (AvgIpc) is 2.99. The molecule has 0 fully saturated rings. The molecule has 0 saturated carbocycles. The molecule has 7 heteroatoms. The van der Waals surface area contributed by atoms with E-state index in [4.69, 9.17) is 10.5 Å². The first kappa shape index (κ1) is 15.9. The maximum atomic E-state index is 13.1. The molecule has 0 amide bonds. The van der Waals surface area contributed by atoms with Gasteiger partial charge in [0.15, 0.2) is 0 Å². The molecule has 0 radical (unpaired) electrons. The van der Waals surface area contributed by atoms with Crippen molar-refractivity contribution in [2.75, 3.05) is 11.2 Å². The third-order valence-corrected chi connectivity index (χ3v) is 3.81. The van der Waals surface area contributed by atoms with Gasteiger partial charge in [0.2, 0.25) is 5.13 Å². The molecule has 5 nitrogen and oxygen atoms in total. The summed E-state index contributed by atoms with van der Waals surface area (Å²) in [5.41, 5.74) is 10.2. The number of thiazole rings is 1. The van der Waals surface area contributed by atoms with E-state index in [1.165, 1.54) is 23.5 Å². The number of aromatic nitrogens is 1. The maximum Gasteiger partial charge on any atom is 0.205 e. The van der Waals surface area contributed by atoms with Crippen LogP contribution in [0.4, 0.5) is 15.3 Å². The minimum Gasteiger partial charge on any atom is -0.489 e. The Morgan fingerprint density at radius 3 is 2.92 bits per heavy atom. The van der Waals surface area contributed by atoms with E-state index in [-0.39, 0.29) is 5.82 Å². The smallest absolute Gasteiger partial charge is 0.205 e. The molecule has 2 aromatic carbocycles. The van der Waals surface area contributed by atoms with Crippen LogP contribution in [0.5, 0.6) is 5.75 Å². The number of hydrogen-bond donors (Lipinski definition) is 2. The molecule has 0 aliphatic carbocycles. The summed E-state index contributed by atoms with van der Waals surface area (Å²) >= 11 is 1.38. The maximum absolute atomic E-state index is 13.1. The SMILES string of the molecule is Nc1csc(NN=Cc2cccc(COc3cccc(F)c3)c2)n1. The lowest BCUT2D eigenvalue weighted by atomic mass is 10.1. The number of hydrogen-bond acceptors (Lipinski definition) is 6. The molecular formula is C17H15FN4OS. The van der Waals surface area contributed by atoms with Crippen LogP contribution >= 0.6 is 11.3 Å². The van der Waals surface area contributed by atoms with Crippen molar-refractivity contribution >= 4 is 28.5 Å². The predicted octanol–water partition coefficient (Wildman–Crippen LogP) is 3.89. The summed E-state index contributed by atoms with van der Waals surface area (Å²) in [6.45, 7) is 0.349. The van der Waals surface area contributed by atoms with Crippen molar-refractivity contribution in [3.63, 3.8) is 0 Å². The van der Waals surface area contributed by atoms with Crippen LogP contribution in [0.15, 0.2) is 59.0 Å². The number of halogens is 1. The summed E-state index contributed by atoms with van der Waals surface area (Å²) in [5, 5.41) is 6.50. The van der Waals surface area contributed by atoms with Crippen molar-refractivity contribution in [2.24, 2.45) is 5.10 Å². The van der Waals surface area contributed by atoms with E-state index >= 15 is 0 Å². The Morgan fingerprint density at radius 1 is 1.25 bits per heavy atom. The van der Waals surface area contributed by atoms with Gasteiger partial charge in [0.1, 0.15) is 24.0 Å².